The van der Waals surface area contributed by atoms with Crippen molar-refractivity contribution in [1.82, 2.24) is 4.98 Å². The normalized spacial score (nSPS) is 10.5. The highest BCUT2D eigenvalue weighted by molar-refractivity contribution is 6.02. The second-order valence-corrected chi connectivity index (χ2v) is 4.79. The average Bonchev–Trinajstić information content (AvgIpc) is 2.47. The minimum absolute atomic E-state index is 0.0723. The van der Waals surface area contributed by atoms with Gasteiger partial charge in [-0.15, -0.1) is 0 Å². The van der Waals surface area contributed by atoms with Crippen molar-refractivity contribution in [2.24, 2.45) is 0 Å². The number of nitrogens with zero attached hydrogens (tertiary/aromatic N) is 2. The van der Waals surface area contributed by atoms with E-state index < -0.39 is 5.97 Å². The molecule has 2 rings (SSSR count). The number of pyridine rings is 1. The lowest BCUT2D eigenvalue weighted by atomic mass is 10.1. The number of carboxylic acid groups (broad SMARTS) is 1. The molecule has 110 valence electrons. The number of carbonyl (C=O) groups excluding carboxylic acids is 1. The van der Waals surface area contributed by atoms with E-state index in [1.54, 1.807) is 6.20 Å². The highest BCUT2D eigenvalue weighted by Gasteiger charge is 2.18. The van der Waals surface area contributed by atoms with E-state index in [1.807, 2.05) is 37.3 Å². The molecule has 1 aromatic carbocycles. The molecule has 0 aliphatic carbocycles. The Morgan fingerprint density at radius 3 is 2.67 bits per heavy atom. The van der Waals surface area contributed by atoms with Gasteiger partial charge in [0.25, 0.3) is 0 Å². The Hall–Kier alpha value is -2.43. The number of rotatable bonds is 6. The molecule has 0 unspecified atom stereocenters. The van der Waals surface area contributed by atoms with Crippen LogP contribution in [-0.4, -0.2) is 28.5 Å². The van der Waals surface area contributed by atoms with Gasteiger partial charge >= 0.3 is 5.97 Å². The molecule has 0 radical (unpaired) electrons. The van der Waals surface area contributed by atoms with Gasteiger partial charge in [-0.3, -0.25) is 14.6 Å². The van der Waals surface area contributed by atoms with E-state index in [1.165, 1.54) is 4.90 Å². The molecule has 5 nitrogen and oxygen atoms in total. The summed E-state index contributed by atoms with van der Waals surface area (Å²) in [6.45, 7) is 2.08. The van der Waals surface area contributed by atoms with Gasteiger partial charge in [0, 0.05) is 24.5 Å². The summed E-state index contributed by atoms with van der Waals surface area (Å²) < 4.78 is 0. The Morgan fingerprint density at radius 2 is 1.95 bits per heavy atom. The molecule has 0 fully saturated rings. The second-order valence-electron chi connectivity index (χ2n) is 4.79. The maximum atomic E-state index is 12.3. The van der Waals surface area contributed by atoms with Crippen LogP contribution in [0.5, 0.6) is 0 Å². The third kappa shape index (κ3) is 3.56. The molecule has 0 aliphatic rings. The van der Waals surface area contributed by atoms with Crippen molar-refractivity contribution in [3.63, 3.8) is 0 Å². The molecular formula is C16H18N2O3. The van der Waals surface area contributed by atoms with Crippen molar-refractivity contribution in [3.8, 4) is 0 Å². The van der Waals surface area contributed by atoms with Crippen LogP contribution in [0.3, 0.4) is 0 Å². The lowest BCUT2D eigenvalue weighted by molar-refractivity contribution is -0.136. The molecule has 2 aromatic rings. The molecule has 5 heteroatoms. The molecule has 1 amide bonds. The zero-order valence-electron chi connectivity index (χ0n) is 12.0. The highest BCUT2D eigenvalue weighted by atomic mass is 16.4. The monoisotopic (exact) mass is 286 g/mol. The standard InChI is InChI=1S/C16H18N2O3/c1-2-5-14(19)18(11-9-15(20)21)13-8-3-6-12-7-4-10-17-16(12)13/h3-4,6-8,10H,2,5,9,11H2,1H3,(H,20,21). The Kier molecular flexibility index (Phi) is 4.87. The van der Waals surface area contributed by atoms with Crippen molar-refractivity contribution < 1.29 is 14.7 Å². The minimum Gasteiger partial charge on any atom is -0.481 e. The molecule has 1 N–H and O–H groups in total. The zero-order valence-corrected chi connectivity index (χ0v) is 12.0. The van der Waals surface area contributed by atoms with Crippen LogP contribution in [0.2, 0.25) is 0 Å². The summed E-state index contributed by atoms with van der Waals surface area (Å²) in [5.41, 5.74) is 1.39. The van der Waals surface area contributed by atoms with Crippen molar-refractivity contribution in [1.29, 1.82) is 0 Å². The van der Waals surface area contributed by atoms with E-state index in [9.17, 15) is 9.59 Å². The van der Waals surface area contributed by atoms with Gasteiger partial charge in [-0.05, 0) is 18.6 Å². The number of amides is 1. The van der Waals surface area contributed by atoms with E-state index in [4.69, 9.17) is 5.11 Å². The van der Waals surface area contributed by atoms with Gasteiger partial charge in [0.15, 0.2) is 0 Å². The first-order valence-electron chi connectivity index (χ1n) is 6.99. The van der Waals surface area contributed by atoms with Crippen LogP contribution in [0.4, 0.5) is 5.69 Å². The van der Waals surface area contributed by atoms with Crippen molar-refractivity contribution >= 4 is 28.5 Å². The summed E-state index contributed by atoms with van der Waals surface area (Å²) in [6, 6.07) is 9.34. The Bertz CT molecular complexity index is 650. The topological polar surface area (TPSA) is 70.5 Å². The van der Waals surface area contributed by atoms with Crippen molar-refractivity contribution in [2.45, 2.75) is 26.2 Å². The van der Waals surface area contributed by atoms with Gasteiger partial charge in [-0.2, -0.15) is 0 Å². The summed E-state index contributed by atoms with van der Waals surface area (Å²) >= 11 is 0. The Labute approximate surface area is 123 Å². The van der Waals surface area contributed by atoms with E-state index in [0.29, 0.717) is 12.1 Å². The molecule has 0 atom stereocenters. The number of aromatic nitrogens is 1. The number of carboxylic acids is 1. The molecule has 0 saturated carbocycles. The van der Waals surface area contributed by atoms with Gasteiger partial charge in [0.2, 0.25) is 5.91 Å². The number of hydrogen-bond donors (Lipinski definition) is 1. The van der Waals surface area contributed by atoms with Crippen LogP contribution in [-0.2, 0) is 9.59 Å². The largest absolute Gasteiger partial charge is 0.481 e. The van der Waals surface area contributed by atoms with Crippen LogP contribution >= 0.6 is 0 Å². The van der Waals surface area contributed by atoms with Crippen molar-refractivity contribution in [3.05, 3.63) is 36.5 Å². The lowest BCUT2D eigenvalue weighted by Gasteiger charge is -2.23. The van der Waals surface area contributed by atoms with E-state index in [2.05, 4.69) is 4.98 Å². The van der Waals surface area contributed by atoms with Gasteiger partial charge in [-0.1, -0.05) is 25.1 Å². The number of hydrogen-bond acceptors (Lipinski definition) is 3. The summed E-state index contributed by atoms with van der Waals surface area (Å²) in [5.74, 6) is -0.991. The fraction of sp³-hybridized carbons (Fsp3) is 0.312. The SMILES string of the molecule is CCCC(=O)N(CCC(=O)O)c1cccc2cccnc12. The molecule has 21 heavy (non-hydrogen) atoms. The maximum absolute atomic E-state index is 12.3. The molecule has 0 saturated heterocycles. The summed E-state index contributed by atoms with van der Waals surface area (Å²) in [5, 5.41) is 9.81. The zero-order chi connectivity index (χ0) is 15.2. The molecule has 0 spiro atoms. The number of benzene rings is 1. The molecular weight excluding hydrogens is 268 g/mol. The highest BCUT2D eigenvalue weighted by Crippen LogP contribution is 2.25. The molecule has 1 aromatic heterocycles. The van der Waals surface area contributed by atoms with Crippen LogP contribution in [0.1, 0.15) is 26.2 Å². The fourth-order valence-corrected chi connectivity index (χ4v) is 2.24. The third-order valence-corrected chi connectivity index (χ3v) is 3.22. The fourth-order valence-electron chi connectivity index (χ4n) is 2.24. The minimum atomic E-state index is -0.919. The summed E-state index contributed by atoms with van der Waals surface area (Å²) in [7, 11) is 0. The smallest absolute Gasteiger partial charge is 0.305 e. The third-order valence-electron chi connectivity index (χ3n) is 3.22. The Morgan fingerprint density at radius 1 is 1.19 bits per heavy atom. The van der Waals surface area contributed by atoms with Gasteiger partial charge < -0.3 is 10.0 Å². The van der Waals surface area contributed by atoms with Crippen LogP contribution in [0.15, 0.2) is 36.5 Å². The number of aliphatic carboxylic acids is 1. The van der Waals surface area contributed by atoms with Gasteiger partial charge in [-0.25, -0.2) is 0 Å². The first-order valence-corrected chi connectivity index (χ1v) is 6.99. The molecule has 0 aliphatic heterocycles. The van der Waals surface area contributed by atoms with Gasteiger partial charge in [0.05, 0.1) is 17.6 Å². The van der Waals surface area contributed by atoms with E-state index >= 15 is 0 Å². The lowest BCUT2D eigenvalue weighted by Crippen LogP contribution is -2.33. The first kappa shape index (κ1) is 15.0. The van der Waals surface area contributed by atoms with Crippen LogP contribution < -0.4 is 4.90 Å². The average molecular weight is 286 g/mol. The van der Waals surface area contributed by atoms with Gasteiger partial charge in [0.1, 0.15) is 0 Å². The number of carbonyl (C=O) groups is 2. The van der Waals surface area contributed by atoms with Crippen LogP contribution in [0, 0.1) is 0 Å². The first-order chi connectivity index (χ1) is 10.1. The number of para-hydroxylation sites is 1. The molecule has 1 heterocycles. The predicted octanol–water partition coefficient (Wildman–Crippen LogP) is 2.84. The van der Waals surface area contributed by atoms with Crippen molar-refractivity contribution in [2.75, 3.05) is 11.4 Å². The molecule has 0 bridgehead atoms. The number of fused-ring (bicyclic) bond motifs is 1. The van der Waals surface area contributed by atoms with E-state index in [-0.39, 0.29) is 18.9 Å². The Balaban J connectivity index is 2.42. The van der Waals surface area contributed by atoms with E-state index in [0.717, 1.165) is 17.3 Å². The maximum Gasteiger partial charge on any atom is 0.305 e. The van der Waals surface area contributed by atoms with Crippen LogP contribution in [0.25, 0.3) is 10.9 Å². The summed E-state index contributed by atoms with van der Waals surface area (Å²) in [6.07, 6.45) is 2.70. The second kappa shape index (κ2) is 6.83. The summed E-state index contributed by atoms with van der Waals surface area (Å²) in [4.78, 5) is 29.0. The quantitative estimate of drug-likeness (QED) is 0.886. The number of anilines is 1. The predicted molar refractivity (Wildman–Crippen MR) is 81.3 cm³/mol.